The van der Waals surface area contributed by atoms with E-state index in [0.717, 1.165) is 45.9 Å². The van der Waals surface area contributed by atoms with Gasteiger partial charge in [-0.3, -0.25) is 4.79 Å². The van der Waals surface area contributed by atoms with Crippen LogP contribution in [0.4, 0.5) is 16.3 Å². The zero-order valence-electron chi connectivity index (χ0n) is 22.2. The van der Waals surface area contributed by atoms with Crippen molar-refractivity contribution in [3.05, 3.63) is 90.0 Å². The summed E-state index contributed by atoms with van der Waals surface area (Å²) < 4.78 is 6.96. The van der Waals surface area contributed by atoms with E-state index in [4.69, 9.17) is 9.84 Å². The number of anilines is 2. The summed E-state index contributed by atoms with van der Waals surface area (Å²) in [6, 6.07) is 24.5. The smallest absolute Gasteiger partial charge is 0.322 e. The number of para-hydroxylation sites is 1. The van der Waals surface area contributed by atoms with Crippen molar-refractivity contribution in [3.63, 3.8) is 0 Å². The molecular formula is C30H33N5O3. The van der Waals surface area contributed by atoms with Crippen molar-refractivity contribution in [1.82, 2.24) is 14.7 Å². The first kappa shape index (κ1) is 26.5. The average Bonchev–Trinajstić information content (AvgIpc) is 3.34. The van der Waals surface area contributed by atoms with Crippen LogP contribution in [0.25, 0.3) is 16.9 Å². The first-order valence-corrected chi connectivity index (χ1v) is 12.6. The highest BCUT2D eigenvalue weighted by Crippen LogP contribution is 2.26. The molecule has 3 amide bonds. The van der Waals surface area contributed by atoms with Gasteiger partial charge in [-0.15, -0.1) is 0 Å². The number of carbonyl (C=O) groups is 2. The van der Waals surface area contributed by atoms with Crippen LogP contribution in [0.15, 0.2) is 78.9 Å². The third-order valence-electron chi connectivity index (χ3n) is 6.19. The third kappa shape index (κ3) is 6.21. The molecule has 0 aliphatic rings. The number of amides is 3. The van der Waals surface area contributed by atoms with Gasteiger partial charge in [0.2, 0.25) is 5.91 Å². The Balaban J connectivity index is 1.57. The molecule has 0 saturated carbocycles. The maximum Gasteiger partial charge on any atom is 0.322 e. The topological polar surface area (TPSA) is 88.5 Å². The Morgan fingerprint density at radius 2 is 1.61 bits per heavy atom. The first-order chi connectivity index (χ1) is 18.4. The molecule has 38 heavy (non-hydrogen) atoms. The molecule has 0 saturated heterocycles. The van der Waals surface area contributed by atoms with E-state index < -0.39 is 0 Å². The van der Waals surface area contributed by atoms with E-state index >= 15 is 0 Å². The molecule has 2 N–H and O–H groups in total. The molecule has 4 aromatic rings. The summed E-state index contributed by atoms with van der Waals surface area (Å²) in [7, 11) is 1.61. The fourth-order valence-electron chi connectivity index (χ4n) is 4.22. The normalized spacial score (nSPS) is 10.6. The molecule has 0 unspecified atom stereocenters. The van der Waals surface area contributed by atoms with Crippen LogP contribution in [0, 0.1) is 13.8 Å². The highest BCUT2D eigenvalue weighted by molar-refractivity contribution is 5.97. The molecule has 1 aromatic heterocycles. The molecule has 0 aliphatic heterocycles. The van der Waals surface area contributed by atoms with Crippen molar-refractivity contribution in [2.24, 2.45) is 0 Å². The standard InChI is InChI=1S/C30H33N5O3/c1-5-18-34(30(37)32-29-21(2)10-9-11-22(29)3)20-28(36)31-27-19-26(23-12-7-6-8-13-23)33-35(27)24-14-16-25(38-4)17-15-24/h6-17,19H,5,18,20H2,1-4H3,(H,31,36)(H,32,37). The molecule has 0 aliphatic carbocycles. The number of ether oxygens (including phenoxy) is 1. The van der Waals surface area contributed by atoms with Crippen LogP contribution >= 0.6 is 0 Å². The predicted molar refractivity (Wildman–Crippen MR) is 151 cm³/mol. The lowest BCUT2D eigenvalue weighted by Gasteiger charge is -2.23. The lowest BCUT2D eigenvalue weighted by molar-refractivity contribution is -0.116. The van der Waals surface area contributed by atoms with Crippen LogP contribution in [0.5, 0.6) is 5.75 Å². The van der Waals surface area contributed by atoms with Crippen LogP contribution < -0.4 is 15.4 Å². The van der Waals surface area contributed by atoms with E-state index in [9.17, 15) is 9.59 Å². The Morgan fingerprint density at radius 3 is 2.24 bits per heavy atom. The van der Waals surface area contributed by atoms with Crippen molar-refractivity contribution in [2.45, 2.75) is 27.2 Å². The summed E-state index contributed by atoms with van der Waals surface area (Å²) >= 11 is 0. The minimum Gasteiger partial charge on any atom is -0.497 e. The first-order valence-electron chi connectivity index (χ1n) is 12.6. The van der Waals surface area contributed by atoms with Gasteiger partial charge in [-0.1, -0.05) is 55.5 Å². The zero-order chi connectivity index (χ0) is 27.1. The number of aryl methyl sites for hydroxylation is 2. The van der Waals surface area contributed by atoms with Gasteiger partial charge in [0.1, 0.15) is 18.1 Å². The molecule has 0 atom stereocenters. The summed E-state index contributed by atoms with van der Waals surface area (Å²) in [6.07, 6.45) is 0.718. The summed E-state index contributed by atoms with van der Waals surface area (Å²) in [6.45, 7) is 6.21. The molecule has 4 rings (SSSR count). The van der Waals surface area contributed by atoms with Crippen molar-refractivity contribution >= 4 is 23.4 Å². The molecular weight excluding hydrogens is 478 g/mol. The van der Waals surface area contributed by atoms with Gasteiger partial charge in [0.25, 0.3) is 0 Å². The van der Waals surface area contributed by atoms with Crippen molar-refractivity contribution in [1.29, 1.82) is 0 Å². The summed E-state index contributed by atoms with van der Waals surface area (Å²) in [4.78, 5) is 27.9. The number of hydrogen-bond acceptors (Lipinski definition) is 4. The van der Waals surface area contributed by atoms with Crippen molar-refractivity contribution in [2.75, 3.05) is 30.8 Å². The quantitative estimate of drug-likeness (QED) is 0.286. The van der Waals surface area contributed by atoms with Crippen LogP contribution in [0.3, 0.4) is 0 Å². The van der Waals surface area contributed by atoms with Crippen molar-refractivity contribution in [3.8, 4) is 22.7 Å². The van der Waals surface area contributed by atoms with Crippen LogP contribution in [-0.4, -0.2) is 46.8 Å². The van der Waals surface area contributed by atoms with Gasteiger partial charge < -0.3 is 20.3 Å². The minimum atomic E-state index is -0.315. The third-order valence-corrected chi connectivity index (χ3v) is 6.19. The Kier molecular flexibility index (Phi) is 8.43. The number of hydrogen-bond donors (Lipinski definition) is 2. The number of rotatable bonds is 9. The average molecular weight is 512 g/mol. The van der Waals surface area contributed by atoms with Gasteiger partial charge in [0.15, 0.2) is 0 Å². The van der Waals surface area contributed by atoms with Crippen LogP contribution in [0.1, 0.15) is 24.5 Å². The number of nitrogens with one attached hydrogen (secondary N) is 2. The lowest BCUT2D eigenvalue weighted by Crippen LogP contribution is -2.41. The van der Waals surface area contributed by atoms with E-state index in [1.807, 2.05) is 99.6 Å². The van der Waals surface area contributed by atoms with Crippen LogP contribution in [0.2, 0.25) is 0 Å². The van der Waals surface area contributed by atoms with Gasteiger partial charge in [-0.25, -0.2) is 9.48 Å². The fourth-order valence-corrected chi connectivity index (χ4v) is 4.22. The van der Waals surface area contributed by atoms with Gasteiger partial charge in [-0.2, -0.15) is 5.10 Å². The second kappa shape index (κ2) is 12.1. The molecule has 0 bridgehead atoms. The van der Waals surface area contributed by atoms with Gasteiger partial charge in [-0.05, 0) is 55.7 Å². The SMILES string of the molecule is CCCN(CC(=O)Nc1cc(-c2ccccc2)nn1-c1ccc(OC)cc1)C(=O)Nc1c(C)cccc1C. The van der Waals surface area contributed by atoms with E-state index in [1.165, 1.54) is 4.90 Å². The summed E-state index contributed by atoms with van der Waals surface area (Å²) in [5, 5.41) is 10.7. The number of urea groups is 1. The predicted octanol–water partition coefficient (Wildman–Crippen LogP) is 6.05. The Hall–Kier alpha value is -4.59. The van der Waals surface area contributed by atoms with E-state index in [2.05, 4.69) is 10.6 Å². The molecule has 3 aromatic carbocycles. The molecule has 196 valence electrons. The second-order valence-electron chi connectivity index (χ2n) is 9.06. The molecule has 8 heteroatoms. The molecule has 0 fully saturated rings. The zero-order valence-corrected chi connectivity index (χ0v) is 22.2. The summed E-state index contributed by atoms with van der Waals surface area (Å²) in [5.74, 6) is 0.912. The molecule has 1 heterocycles. The Bertz CT molecular complexity index is 1380. The van der Waals surface area contributed by atoms with Gasteiger partial charge in [0, 0.05) is 23.9 Å². The Labute approximate surface area is 223 Å². The number of aromatic nitrogens is 2. The fraction of sp³-hybridized carbons (Fsp3) is 0.233. The van der Waals surface area contributed by atoms with E-state index in [0.29, 0.717) is 12.4 Å². The van der Waals surface area contributed by atoms with Crippen molar-refractivity contribution < 1.29 is 14.3 Å². The monoisotopic (exact) mass is 511 g/mol. The van der Waals surface area contributed by atoms with E-state index in [-0.39, 0.29) is 18.5 Å². The minimum absolute atomic E-state index is 0.0981. The Morgan fingerprint density at radius 1 is 0.921 bits per heavy atom. The molecule has 8 nitrogen and oxygen atoms in total. The lowest BCUT2D eigenvalue weighted by atomic mass is 10.1. The number of methoxy groups -OCH3 is 1. The summed E-state index contributed by atoms with van der Waals surface area (Å²) in [5.41, 5.74) is 5.11. The van der Waals surface area contributed by atoms with Crippen LogP contribution in [-0.2, 0) is 4.79 Å². The second-order valence-corrected chi connectivity index (χ2v) is 9.06. The maximum atomic E-state index is 13.2. The largest absolute Gasteiger partial charge is 0.497 e. The number of nitrogens with zero attached hydrogens (tertiary/aromatic N) is 3. The van der Waals surface area contributed by atoms with Gasteiger partial charge >= 0.3 is 6.03 Å². The highest BCUT2D eigenvalue weighted by atomic mass is 16.5. The number of carbonyl (C=O) groups excluding carboxylic acids is 2. The number of benzene rings is 3. The van der Waals surface area contributed by atoms with E-state index in [1.54, 1.807) is 11.8 Å². The van der Waals surface area contributed by atoms with Gasteiger partial charge in [0.05, 0.1) is 18.5 Å². The highest BCUT2D eigenvalue weighted by Gasteiger charge is 2.20. The molecule has 0 spiro atoms. The molecule has 0 radical (unpaired) electrons. The maximum absolute atomic E-state index is 13.2.